The van der Waals surface area contributed by atoms with Gasteiger partial charge in [-0.3, -0.25) is 4.68 Å². The summed E-state index contributed by atoms with van der Waals surface area (Å²) in [7, 11) is 5.89. The summed E-state index contributed by atoms with van der Waals surface area (Å²) in [6.07, 6.45) is 9.19. The normalized spacial score (nSPS) is 38.7. The molecule has 0 saturated heterocycles. The van der Waals surface area contributed by atoms with E-state index in [1.54, 1.807) is 7.11 Å². The summed E-state index contributed by atoms with van der Waals surface area (Å²) in [4.78, 5) is 0. The van der Waals surface area contributed by atoms with Gasteiger partial charge in [0.1, 0.15) is 0 Å². The molecule has 1 aromatic rings. The summed E-state index contributed by atoms with van der Waals surface area (Å²) in [5.41, 5.74) is 1.23. The predicted molar refractivity (Wildman–Crippen MR) is 82.1 cm³/mol. The highest BCUT2D eigenvalue weighted by Crippen LogP contribution is 2.59. The Labute approximate surface area is 127 Å². The molecule has 4 saturated carbocycles. The molecule has 0 amide bonds. The lowest BCUT2D eigenvalue weighted by atomic mass is 9.50. The molecule has 4 aliphatic carbocycles. The molecule has 1 N–H and O–H groups in total. The summed E-state index contributed by atoms with van der Waals surface area (Å²) < 4.78 is 7.57. The minimum Gasteiger partial charge on any atom is -0.493 e. The van der Waals surface area contributed by atoms with Crippen molar-refractivity contribution in [3.05, 3.63) is 11.9 Å². The van der Waals surface area contributed by atoms with Crippen molar-refractivity contribution < 1.29 is 4.74 Å². The Morgan fingerprint density at radius 3 is 2.33 bits per heavy atom. The molecule has 4 heteroatoms. The predicted octanol–water partition coefficient (Wildman–Crippen LogP) is 2.76. The van der Waals surface area contributed by atoms with Gasteiger partial charge in [-0.2, -0.15) is 5.10 Å². The molecule has 0 radical (unpaired) electrons. The maximum atomic E-state index is 5.57. The molecule has 1 aromatic heterocycles. The van der Waals surface area contributed by atoms with Gasteiger partial charge in [0.25, 0.3) is 0 Å². The van der Waals surface area contributed by atoms with E-state index >= 15 is 0 Å². The van der Waals surface area contributed by atoms with Gasteiger partial charge in [-0.15, -0.1) is 0 Å². The minimum absolute atomic E-state index is 0.377. The molecule has 1 atom stereocenters. The molecule has 4 nitrogen and oxygen atoms in total. The molecule has 5 rings (SSSR count). The van der Waals surface area contributed by atoms with Crippen molar-refractivity contribution in [2.75, 3.05) is 14.2 Å². The van der Waals surface area contributed by atoms with E-state index in [4.69, 9.17) is 4.74 Å². The quantitative estimate of drug-likeness (QED) is 0.926. The van der Waals surface area contributed by atoms with Gasteiger partial charge in [0.15, 0.2) is 5.75 Å². The van der Waals surface area contributed by atoms with Gasteiger partial charge in [-0.05, 0) is 68.7 Å². The first kappa shape index (κ1) is 13.6. The summed E-state index contributed by atoms with van der Waals surface area (Å²) in [5, 5.41) is 8.03. The average molecular weight is 289 g/mol. The largest absolute Gasteiger partial charge is 0.493 e. The zero-order valence-corrected chi connectivity index (χ0v) is 13.4. The number of aryl methyl sites for hydroxylation is 1. The standard InChI is InChI=1S/C17H27N3O/c1-18-16(17-14(21-3)9-19-20(17)2)15-12-5-10-4-11(7-12)8-13(15)6-10/h9-13,15-16,18H,4-8H2,1-3H3. The molecule has 1 heterocycles. The van der Waals surface area contributed by atoms with E-state index in [1.807, 2.05) is 17.9 Å². The topological polar surface area (TPSA) is 39.1 Å². The maximum absolute atomic E-state index is 5.57. The molecule has 0 aromatic carbocycles. The number of rotatable bonds is 4. The zero-order valence-electron chi connectivity index (χ0n) is 13.4. The first-order valence-corrected chi connectivity index (χ1v) is 8.44. The third-order valence-corrected chi connectivity index (χ3v) is 6.46. The van der Waals surface area contributed by atoms with Crippen LogP contribution in [-0.2, 0) is 7.05 Å². The Morgan fingerprint density at radius 1 is 1.19 bits per heavy atom. The van der Waals surface area contributed by atoms with Crippen LogP contribution in [0.25, 0.3) is 0 Å². The van der Waals surface area contributed by atoms with Crippen LogP contribution < -0.4 is 10.1 Å². The Bertz CT molecular complexity index is 496. The number of aromatic nitrogens is 2. The van der Waals surface area contributed by atoms with Gasteiger partial charge in [-0.25, -0.2) is 0 Å². The van der Waals surface area contributed by atoms with Crippen LogP contribution in [0.2, 0.25) is 0 Å². The Hall–Kier alpha value is -1.03. The van der Waals surface area contributed by atoms with Gasteiger partial charge in [0.05, 0.1) is 25.0 Å². The van der Waals surface area contributed by atoms with Crippen LogP contribution in [0.3, 0.4) is 0 Å². The smallest absolute Gasteiger partial charge is 0.161 e. The summed E-state index contributed by atoms with van der Waals surface area (Å²) in [6.45, 7) is 0. The summed E-state index contributed by atoms with van der Waals surface area (Å²) in [6, 6.07) is 0.377. The van der Waals surface area contributed by atoms with Crippen LogP contribution in [-0.4, -0.2) is 23.9 Å². The van der Waals surface area contributed by atoms with Crippen molar-refractivity contribution in [1.29, 1.82) is 0 Å². The molecule has 4 bridgehead atoms. The van der Waals surface area contributed by atoms with Gasteiger partial charge >= 0.3 is 0 Å². The Morgan fingerprint density at radius 2 is 1.81 bits per heavy atom. The summed E-state index contributed by atoms with van der Waals surface area (Å²) in [5.74, 6) is 5.54. The third kappa shape index (κ3) is 2.02. The van der Waals surface area contributed by atoms with Crippen molar-refractivity contribution in [2.45, 2.75) is 38.1 Å². The lowest BCUT2D eigenvalue weighted by Crippen LogP contribution is -2.49. The fraction of sp³-hybridized carbons (Fsp3) is 0.824. The highest BCUT2D eigenvalue weighted by Gasteiger charge is 2.51. The van der Waals surface area contributed by atoms with E-state index in [-0.39, 0.29) is 0 Å². The van der Waals surface area contributed by atoms with Crippen LogP contribution in [0.4, 0.5) is 0 Å². The van der Waals surface area contributed by atoms with Crippen molar-refractivity contribution in [3.63, 3.8) is 0 Å². The van der Waals surface area contributed by atoms with Gasteiger partial charge in [-0.1, -0.05) is 0 Å². The van der Waals surface area contributed by atoms with Crippen molar-refractivity contribution in [3.8, 4) is 5.75 Å². The fourth-order valence-corrected chi connectivity index (χ4v) is 5.96. The second kappa shape index (κ2) is 5.01. The van der Waals surface area contributed by atoms with Crippen LogP contribution in [0.1, 0.15) is 43.8 Å². The van der Waals surface area contributed by atoms with E-state index in [0.717, 1.165) is 35.3 Å². The van der Waals surface area contributed by atoms with E-state index in [0.29, 0.717) is 6.04 Å². The van der Waals surface area contributed by atoms with Crippen LogP contribution in [0, 0.1) is 29.6 Å². The molecule has 21 heavy (non-hydrogen) atoms. The molecule has 4 aliphatic rings. The van der Waals surface area contributed by atoms with E-state index in [2.05, 4.69) is 17.5 Å². The zero-order chi connectivity index (χ0) is 14.6. The second-order valence-corrected chi connectivity index (χ2v) is 7.50. The minimum atomic E-state index is 0.377. The number of nitrogens with zero attached hydrogens (tertiary/aromatic N) is 2. The molecular formula is C17H27N3O. The van der Waals surface area contributed by atoms with Gasteiger partial charge in [0.2, 0.25) is 0 Å². The van der Waals surface area contributed by atoms with E-state index < -0.39 is 0 Å². The number of nitrogens with one attached hydrogen (secondary N) is 1. The lowest BCUT2D eigenvalue weighted by Gasteiger charge is -2.56. The lowest BCUT2D eigenvalue weighted by molar-refractivity contribution is -0.0528. The number of hydrogen-bond acceptors (Lipinski definition) is 3. The highest BCUT2D eigenvalue weighted by molar-refractivity contribution is 5.29. The van der Waals surface area contributed by atoms with Gasteiger partial charge < -0.3 is 10.1 Å². The van der Waals surface area contributed by atoms with Crippen molar-refractivity contribution in [1.82, 2.24) is 15.1 Å². The van der Waals surface area contributed by atoms with Gasteiger partial charge in [0, 0.05) is 7.05 Å². The van der Waals surface area contributed by atoms with Crippen LogP contribution >= 0.6 is 0 Å². The molecule has 0 aliphatic heterocycles. The molecule has 116 valence electrons. The first-order chi connectivity index (χ1) is 10.2. The molecule has 1 unspecified atom stereocenters. The van der Waals surface area contributed by atoms with Crippen LogP contribution in [0.15, 0.2) is 6.20 Å². The number of hydrogen-bond donors (Lipinski definition) is 1. The molecule has 0 spiro atoms. The average Bonchev–Trinajstić information content (AvgIpc) is 2.83. The van der Waals surface area contributed by atoms with E-state index in [1.165, 1.54) is 37.8 Å². The van der Waals surface area contributed by atoms with Crippen molar-refractivity contribution >= 4 is 0 Å². The maximum Gasteiger partial charge on any atom is 0.161 e. The highest BCUT2D eigenvalue weighted by atomic mass is 16.5. The first-order valence-electron chi connectivity index (χ1n) is 8.44. The Kier molecular flexibility index (Phi) is 3.25. The second-order valence-electron chi connectivity index (χ2n) is 7.50. The molecular weight excluding hydrogens is 262 g/mol. The molecule has 4 fully saturated rings. The van der Waals surface area contributed by atoms with Crippen molar-refractivity contribution in [2.24, 2.45) is 36.6 Å². The fourth-order valence-electron chi connectivity index (χ4n) is 5.96. The number of methoxy groups -OCH3 is 1. The SMILES string of the molecule is CNC(c1c(OC)cnn1C)C1C2CC3CC(C2)CC1C3. The summed E-state index contributed by atoms with van der Waals surface area (Å²) >= 11 is 0. The van der Waals surface area contributed by atoms with Crippen LogP contribution in [0.5, 0.6) is 5.75 Å². The number of ether oxygens (including phenoxy) is 1. The Balaban J connectivity index is 1.68. The van der Waals surface area contributed by atoms with E-state index in [9.17, 15) is 0 Å². The third-order valence-electron chi connectivity index (χ3n) is 6.46. The monoisotopic (exact) mass is 289 g/mol.